The third kappa shape index (κ3) is 10.0. The molecule has 0 saturated heterocycles. The number of phenolic OH excluding ortho intramolecular Hbond substituents is 1. The molecule has 0 saturated carbocycles. The molecule has 0 aromatic heterocycles. The van der Waals surface area contributed by atoms with Gasteiger partial charge in [-0.15, -0.1) is 0 Å². The minimum Gasteiger partial charge on any atom is -0.508 e. The lowest BCUT2D eigenvalue weighted by molar-refractivity contribution is 0.139. The van der Waals surface area contributed by atoms with Crippen molar-refractivity contribution in [2.75, 3.05) is 19.8 Å². The Bertz CT molecular complexity index is 568. The van der Waals surface area contributed by atoms with Crippen molar-refractivity contribution in [2.45, 2.75) is 25.9 Å². The number of phenols is 1. The summed E-state index contributed by atoms with van der Waals surface area (Å²) in [5, 5.41) is 13.6. The third-order valence-corrected chi connectivity index (χ3v) is 3.73. The molecule has 5 nitrogen and oxygen atoms in total. The van der Waals surface area contributed by atoms with Gasteiger partial charge in [-0.05, 0) is 25.8 Å². The summed E-state index contributed by atoms with van der Waals surface area (Å²) in [7, 11) is 0. The number of oxime groups is 1. The molecule has 1 aromatic carbocycles. The minimum atomic E-state index is -0.104. The molecule has 0 aliphatic heterocycles. The number of hydrogen-bond acceptors (Lipinski definition) is 5. The van der Waals surface area contributed by atoms with Gasteiger partial charge in [0.1, 0.15) is 16.8 Å². The molecule has 0 spiro atoms. The first kappa shape index (κ1) is 22.2. The van der Waals surface area contributed by atoms with Crippen LogP contribution in [0.1, 0.15) is 19.8 Å². The van der Waals surface area contributed by atoms with Crippen LogP contribution >= 0.6 is 46.4 Å². The molecule has 1 atom stereocenters. The van der Waals surface area contributed by atoms with Gasteiger partial charge in [-0.3, -0.25) is 0 Å². The Kier molecular flexibility index (Phi) is 11.1. The van der Waals surface area contributed by atoms with Gasteiger partial charge in [-0.2, -0.15) is 0 Å². The highest BCUT2D eigenvalue weighted by Crippen LogP contribution is 2.37. The van der Waals surface area contributed by atoms with E-state index in [1.54, 1.807) is 0 Å². The van der Waals surface area contributed by atoms with E-state index in [4.69, 9.17) is 60.7 Å². The van der Waals surface area contributed by atoms with Gasteiger partial charge in [0.25, 0.3) is 0 Å². The fourth-order valence-corrected chi connectivity index (χ4v) is 2.45. The van der Waals surface area contributed by atoms with Gasteiger partial charge in [-0.1, -0.05) is 51.6 Å². The Balaban J connectivity index is 2.16. The van der Waals surface area contributed by atoms with E-state index in [0.29, 0.717) is 19.0 Å². The molecule has 140 valence electrons. The minimum absolute atomic E-state index is 0.00387. The second kappa shape index (κ2) is 12.5. The van der Waals surface area contributed by atoms with Crippen LogP contribution in [0.5, 0.6) is 11.5 Å². The highest BCUT2D eigenvalue weighted by molar-refractivity contribution is 6.55. The fourth-order valence-electron chi connectivity index (χ4n) is 1.75. The highest BCUT2D eigenvalue weighted by atomic mass is 35.5. The molecule has 1 N–H and O–H groups in total. The lowest BCUT2D eigenvalue weighted by Crippen LogP contribution is -2.13. The molecule has 0 amide bonds. The Hall–Kier alpha value is -0.850. The number of halogens is 4. The maximum absolute atomic E-state index is 9.39. The van der Waals surface area contributed by atoms with Crippen molar-refractivity contribution in [3.8, 4) is 11.5 Å². The molecular formula is C16H19Cl4NO4. The zero-order chi connectivity index (χ0) is 18.7. The van der Waals surface area contributed by atoms with Gasteiger partial charge in [-0.25, -0.2) is 0 Å². The summed E-state index contributed by atoms with van der Waals surface area (Å²) < 4.78 is 11.2. The molecule has 0 aliphatic rings. The van der Waals surface area contributed by atoms with Crippen molar-refractivity contribution in [2.24, 2.45) is 5.16 Å². The number of benzene rings is 1. The lowest BCUT2D eigenvalue weighted by atomic mass is 10.2. The second-order valence-corrected chi connectivity index (χ2v) is 6.78. The summed E-state index contributed by atoms with van der Waals surface area (Å²) in [5.74, 6) is 0.362. The van der Waals surface area contributed by atoms with Gasteiger partial charge < -0.3 is 19.4 Å². The summed E-state index contributed by atoms with van der Waals surface area (Å²) in [6.07, 6.45) is 4.42. The Morgan fingerprint density at radius 3 is 2.56 bits per heavy atom. The molecule has 0 bridgehead atoms. The zero-order valence-corrected chi connectivity index (χ0v) is 16.6. The Morgan fingerprint density at radius 2 is 1.92 bits per heavy atom. The Morgan fingerprint density at radius 1 is 1.24 bits per heavy atom. The Labute approximate surface area is 167 Å². The first-order valence-electron chi connectivity index (χ1n) is 7.47. The van der Waals surface area contributed by atoms with Crippen LogP contribution < -0.4 is 4.74 Å². The van der Waals surface area contributed by atoms with Crippen LogP contribution in [0.15, 0.2) is 27.9 Å². The maximum Gasteiger partial charge on any atom is 0.157 e. The molecule has 1 rings (SSSR count). The smallest absolute Gasteiger partial charge is 0.157 e. The van der Waals surface area contributed by atoms with Gasteiger partial charge >= 0.3 is 0 Å². The molecule has 1 aromatic rings. The van der Waals surface area contributed by atoms with Crippen LogP contribution in [0.2, 0.25) is 10.0 Å². The van der Waals surface area contributed by atoms with Crippen molar-refractivity contribution in [1.29, 1.82) is 0 Å². The van der Waals surface area contributed by atoms with Gasteiger partial charge in [0.05, 0.1) is 29.0 Å². The normalized spacial score (nSPS) is 12.2. The number of nitrogens with zero attached hydrogens (tertiary/aromatic N) is 1. The quantitative estimate of drug-likeness (QED) is 0.282. The van der Waals surface area contributed by atoms with Crippen LogP contribution in [0, 0.1) is 0 Å². The van der Waals surface area contributed by atoms with E-state index < -0.39 is 0 Å². The average Bonchev–Trinajstić information content (AvgIpc) is 2.52. The second-order valence-electron chi connectivity index (χ2n) is 4.96. The van der Waals surface area contributed by atoms with E-state index in [1.165, 1.54) is 24.4 Å². The molecule has 0 heterocycles. The van der Waals surface area contributed by atoms with Crippen molar-refractivity contribution in [3.63, 3.8) is 0 Å². The molecule has 0 aliphatic carbocycles. The molecular weight excluding hydrogens is 412 g/mol. The highest BCUT2D eigenvalue weighted by Gasteiger charge is 2.13. The largest absolute Gasteiger partial charge is 0.508 e. The van der Waals surface area contributed by atoms with Crippen LogP contribution in [0.25, 0.3) is 0 Å². The summed E-state index contributed by atoms with van der Waals surface area (Å²) in [6, 6.07) is 2.77. The summed E-state index contributed by atoms with van der Waals surface area (Å²) >= 11 is 22.8. The molecule has 9 heteroatoms. The van der Waals surface area contributed by atoms with Crippen LogP contribution in [0.4, 0.5) is 0 Å². The van der Waals surface area contributed by atoms with E-state index in [1.807, 2.05) is 6.92 Å². The van der Waals surface area contributed by atoms with E-state index in [2.05, 4.69) is 5.16 Å². The number of ether oxygens (including phenoxy) is 2. The average molecular weight is 431 g/mol. The third-order valence-electron chi connectivity index (χ3n) is 2.86. The molecule has 1 unspecified atom stereocenters. The monoisotopic (exact) mass is 429 g/mol. The summed E-state index contributed by atoms with van der Waals surface area (Å²) in [4.78, 5) is 4.87. The molecule has 25 heavy (non-hydrogen) atoms. The SMILES string of the molecule is CC(CCCOCC=NOCC=C(Cl)Cl)Oc1c(Cl)cc(O)cc1Cl. The summed E-state index contributed by atoms with van der Waals surface area (Å²) in [5.41, 5.74) is 0. The number of aromatic hydroxyl groups is 1. The predicted octanol–water partition coefficient (Wildman–Crippen LogP) is 5.58. The lowest BCUT2D eigenvalue weighted by Gasteiger charge is -2.17. The molecule has 0 fully saturated rings. The van der Waals surface area contributed by atoms with Crippen molar-refractivity contribution >= 4 is 52.6 Å². The van der Waals surface area contributed by atoms with E-state index >= 15 is 0 Å². The van der Waals surface area contributed by atoms with E-state index in [0.717, 1.165) is 12.8 Å². The van der Waals surface area contributed by atoms with Gasteiger partial charge in [0, 0.05) is 18.7 Å². The first-order valence-corrected chi connectivity index (χ1v) is 8.98. The summed E-state index contributed by atoms with van der Waals surface area (Å²) in [6.45, 7) is 2.99. The topological polar surface area (TPSA) is 60.3 Å². The molecule has 0 radical (unpaired) electrons. The van der Waals surface area contributed by atoms with Crippen molar-refractivity contribution in [3.05, 3.63) is 32.7 Å². The zero-order valence-electron chi connectivity index (χ0n) is 13.6. The standard InChI is InChI=1S/C16H19Cl4NO4/c1-11(25-16-13(17)9-12(22)10-14(16)18)3-2-6-23-8-5-21-24-7-4-15(19)20/h4-5,9-11,22H,2-3,6-8H2,1H3. The maximum atomic E-state index is 9.39. The van der Waals surface area contributed by atoms with Gasteiger partial charge in [0.2, 0.25) is 0 Å². The number of rotatable bonds is 11. The predicted molar refractivity (Wildman–Crippen MR) is 103 cm³/mol. The number of hydrogen-bond donors (Lipinski definition) is 1. The van der Waals surface area contributed by atoms with Crippen molar-refractivity contribution in [1.82, 2.24) is 0 Å². The fraction of sp³-hybridized carbons (Fsp3) is 0.438. The van der Waals surface area contributed by atoms with E-state index in [9.17, 15) is 5.11 Å². The van der Waals surface area contributed by atoms with Crippen LogP contribution in [-0.2, 0) is 9.57 Å². The van der Waals surface area contributed by atoms with Gasteiger partial charge in [0.15, 0.2) is 5.75 Å². The van der Waals surface area contributed by atoms with Crippen LogP contribution in [0.3, 0.4) is 0 Å². The van der Waals surface area contributed by atoms with Crippen molar-refractivity contribution < 1.29 is 19.4 Å². The first-order chi connectivity index (χ1) is 11.9. The van der Waals surface area contributed by atoms with E-state index in [-0.39, 0.29) is 33.0 Å². The van der Waals surface area contributed by atoms with Crippen LogP contribution in [-0.4, -0.2) is 37.2 Å².